The second-order valence-corrected chi connectivity index (χ2v) is 10.3. The third-order valence-electron chi connectivity index (χ3n) is 6.10. The minimum atomic E-state index is -4.45. The molecule has 3 aromatic rings. The predicted octanol–water partition coefficient (Wildman–Crippen LogP) is 4.92. The van der Waals surface area contributed by atoms with Gasteiger partial charge in [-0.25, -0.2) is 4.39 Å². The zero-order valence-corrected chi connectivity index (χ0v) is 19.9. The molecule has 6 nitrogen and oxygen atoms in total. The Morgan fingerprint density at radius 3 is 2.57 bits per heavy atom. The van der Waals surface area contributed by atoms with E-state index in [0.717, 1.165) is 11.6 Å². The molecule has 188 valence electrons. The summed E-state index contributed by atoms with van der Waals surface area (Å²) < 4.78 is 61.1. The van der Waals surface area contributed by atoms with Crippen LogP contribution in [0.1, 0.15) is 34.9 Å². The maximum absolute atomic E-state index is 14.9. The number of amides is 1. The van der Waals surface area contributed by atoms with Gasteiger partial charge in [0.05, 0.1) is 30.6 Å². The fraction of sp³-hybridized carbons (Fsp3) is 0.417. The average Bonchev–Trinajstić information content (AvgIpc) is 3.37. The van der Waals surface area contributed by atoms with Crippen molar-refractivity contribution in [3.8, 4) is 0 Å². The van der Waals surface area contributed by atoms with Crippen LogP contribution in [0.2, 0.25) is 0 Å². The number of carboxylic acid groups (broad SMARTS) is 1. The third-order valence-corrected chi connectivity index (χ3v) is 7.22. The Hall–Kier alpha value is -2.92. The molecule has 11 heteroatoms. The van der Waals surface area contributed by atoms with E-state index >= 15 is 0 Å². The fourth-order valence-corrected chi connectivity index (χ4v) is 5.02. The van der Waals surface area contributed by atoms with Crippen molar-refractivity contribution in [2.45, 2.75) is 39.5 Å². The molecule has 2 aromatic heterocycles. The number of aromatic nitrogens is 1. The molecule has 0 atom stereocenters. The molecule has 0 unspecified atom stereocenters. The highest BCUT2D eigenvalue weighted by atomic mass is 32.1. The van der Waals surface area contributed by atoms with E-state index in [1.54, 1.807) is 21.6 Å². The van der Waals surface area contributed by atoms with Crippen LogP contribution in [0.5, 0.6) is 0 Å². The number of hydrogen-bond acceptors (Lipinski definition) is 4. The molecule has 0 spiro atoms. The Balaban J connectivity index is 1.60. The number of ether oxygens (including phenoxy) is 1. The zero-order chi connectivity index (χ0) is 25.5. The van der Waals surface area contributed by atoms with Crippen molar-refractivity contribution >= 4 is 34.1 Å². The first kappa shape index (κ1) is 25.2. The first-order valence-electron chi connectivity index (χ1n) is 10.9. The van der Waals surface area contributed by atoms with Crippen molar-refractivity contribution in [2.24, 2.45) is 5.41 Å². The van der Waals surface area contributed by atoms with Crippen molar-refractivity contribution in [2.75, 3.05) is 19.8 Å². The third kappa shape index (κ3) is 5.06. The minimum absolute atomic E-state index is 0.0405. The summed E-state index contributed by atoms with van der Waals surface area (Å²) in [6.07, 6.45) is -4.00. The van der Waals surface area contributed by atoms with Crippen molar-refractivity contribution in [3.05, 3.63) is 57.2 Å². The number of alkyl halides is 3. The lowest BCUT2D eigenvalue weighted by molar-refractivity contribution is -0.153. The largest absolute Gasteiger partial charge is 0.481 e. The van der Waals surface area contributed by atoms with E-state index in [9.17, 15) is 32.3 Å². The quantitative estimate of drug-likeness (QED) is 0.456. The molecule has 1 aliphatic heterocycles. The number of nitrogens with zero attached hydrogens (tertiary/aromatic N) is 2. The SMILES string of the molecule is CC(C)(COCC(=O)N1CCc2c(n(Cc3ccc(C(F)(F)F)s3)c3c(F)cccc23)C1)C(=O)O. The summed E-state index contributed by atoms with van der Waals surface area (Å²) in [5.41, 5.74) is 0.685. The van der Waals surface area contributed by atoms with E-state index in [1.807, 2.05) is 0 Å². The van der Waals surface area contributed by atoms with Crippen molar-refractivity contribution in [3.63, 3.8) is 0 Å². The summed E-state index contributed by atoms with van der Waals surface area (Å²) in [4.78, 5) is 25.2. The number of aliphatic carboxylic acids is 1. The van der Waals surface area contributed by atoms with Gasteiger partial charge in [0.1, 0.15) is 17.3 Å². The molecule has 0 saturated carbocycles. The van der Waals surface area contributed by atoms with E-state index in [4.69, 9.17) is 4.74 Å². The highest BCUT2D eigenvalue weighted by Gasteiger charge is 2.33. The Morgan fingerprint density at radius 2 is 1.91 bits per heavy atom. The number of carbonyl (C=O) groups excluding carboxylic acids is 1. The Labute approximate surface area is 202 Å². The van der Waals surface area contributed by atoms with E-state index < -0.39 is 28.3 Å². The molecule has 1 aromatic carbocycles. The summed E-state index contributed by atoms with van der Waals surface area (Å²) in [6, 6.07) is 7.07. The lowest BCUT2D eigenvalue weighted by atomic mass is 9.95. The first-order valence-corrected chi connectivity index (χ1v) is 11.7. The summed E-state index contributed by atoms with van der Waals surface area (Å²) >= 11 is 0.609. The van der Waals surface area contributed by atoms with Gasteiger partial charge in [0.2, 0.25) is 5.91 Å². The molecule has 35 heavy (non-hydrogen) atoms. The molecular formula is C24H24F4N2O4S. The molecule has 1 amide bonds. The van der Waals surface area contributed by atoms with Gasteiger partial charge in [0.15, 0.2) is 0 Å². The molecule has 0 fully saturated rings. The van der Waals surface area contributed by atoms with Gasteiger partial charge < -0.3 is 19.3 Å². The molecular weight excluding hydrogens is 488 g/mol. The summed E-state index contributed by atoms with van der Waals surface area (Å²) in [7, 11) is 0. The second kappa shape index (κ2) is 9.27. The first-order chi connectivity index (χ1) is 16.4. The van der Waals surface area contributed by atoms with E-state index in [1.165, 1.54) is 26.0 Å². The average molecular weight is 513 g/mol. The minimum Gasteiger partial charge on any atom is -0.481 e. The van der Waals surface area contributed by atoms with Gasteiger partial charge in [-0.2, -0.15) is 13.2 Å². The van der Waals surface area contributed by atoms with Crippen LogP contribution in [-0.2, 0) is 40.0 Å². The van der Waals surface area contributed by atoms with Crippen molar-refractivity contribution < 1.29 is 37.0 Å². The lowest BCUT2D eigenvalue weighted by Crippen LogP contribution is -2.40. The number of fused-ring (bicyclic) bond motifs is 3. The van der Waals surface area contributed by atoms with Crippen LogP contribution in [0.15, 0.2) is 30.3 Å². The monoisotopic (exact) mass is 512 g/mol. The van der Waals surface area contributed by atoms with E-state index in [2.05, 4.69) is 0 Å². The van der Waals surface area contributed by atoms with E-state index in [-0.39, 0.29) is 32.2 Å². The van der Waals surface area contributed by atoms with Crippen LogP contribution < -0.4 is 0 Å². The molecule has 0 bridgehead atoms. The van der Waals surface area contributed by atoms with Gasteiger partial charge in [-0.05, 0) is 44.0 Å². The number of carboxylic acids is 1. The van der Waals surface area contributed by atoms with E-state index in [0.29, 0.717) is 45.8 Å². The standard InChI is InChI=1S/C24H24F4N2O4S/c1-23(2,22(32)33)13-34-12-20(31)29-9-8-15-16-4-3-5-17(25)21(16)30(18(15)11-29)10-14-6-7-19(35-14)24(26,27)28/h3-7H,8-13H2,1-2H3,(H,32,33). The Kier molecular flexibility index (Phi) is 6.67. The predicted molar refractivity (Wildman–Crippen MR) is 122 cm³/mol. The van der Waals surface area contributed by atoms with Crippen LogP contribution >= 0.6 is 11.3 Å². The summed E-state index contributed by atoms with van der Waals surface area (Å²) in [5, 5.41) is 9.86. The topological polar surface area (TPSA) is 71.8 Å². The summed E-state index contributed by atoms with van der Waals surface area (Å²) in [6.45, 7) is 3.09. The molecule has 3 heterocycles. The van der Waals surface area contributed by atoms with Crippen LogP contribution in [0.4, 0.5) is 17.6 Å². The second-order valence-electron chi connectivity index (χ2n) is 9.16. The highest BCUT2D eigenvalue weighted by Crippen LogP contribution is 2.37. The molecule has 1 aliphatic rings. The van der Waals surface area contributed by atoms with Gasteiger partial charge >= 0.3 is 12.1 Å². The van der Waals surface area contributed by atoms with Gasteiger partial charge in [0.25, 0.3) is 0 Å². The lowest BCUT2D eigenvalue weighted by Gasteiger charge is -2.29. The normalized spacial score (nSPS) is 14.4. The number of carbonyl (C=O) groups is 2. The van der Waals surface area contributed by atoms with Crippen molar-refractivity contribution in [1.82, 2.24) is 9.47 Å². The molecule has 0 saturated heterocycles. The Bertz CT molecular complexity index is 1280. The van der Waals surface area contributed by atoms with Crippen LogP contribution in [0, 0.1) is 11.2 Å². The number of rotatable bonds is 7. The summed E-state index contributed by atoms with van der Waals surface area (Å²) in [5.74, 6) is -1.87. The Morgan fingerprint density at radius 1 is 1.17 bits per heavy atom. The molecule has 1 N–H and O–H groups in total. The maximum atomic E-state index is 14.9. The van der Waals surface area contributed by atoms with Crippen LogP contribution in [-0.4, -0.2) is 46.2 Å². The molecule has 0 aliphatic carbocycles. The van der Waals surface area contributed by atoms with Crippen molar-refractivity contribution in [1.29, 1.82) is 0 Å². The molecule has 4 rings (SSSR count). The number of thiophene rings is 1. The maximum Gasteiger partial charge on any atom is 0.425 e. The van der Waals surface area contributed by atoms with Gasteiger partial charge in [-0.15, -0.1) is 11.3 Å². The number of benzene rings is 1. The van der Waals surface area contributed by atoms with Gasteiger partial charge in [-0.1, -0.05) is 12.1 Å². The fourth-order valence-electron chi connectivity index (χ4n) is 4.16. The van der Waals surface area contributed by atoms with Gasteiger partial charge in [-0.3, -0.25) is 9.59 Å². The van der Waals surface area contributed by atoms with Gasteiger partial charge in [0, 0.05) is 22.5 Å². The number of halogens is 4. The number of hydrogen-bond donors (Lipinski definition) is 1. The van der Waals surface area contributed by atoms with Crippen LogP contribution in [0.3, 0.4) is 0 Å². The number of para-hydroxylation sites is 1. The van der Waals surface area contributed by atoms with Crippen LogP contribution in [0.25, 0.3) is 10.9 Å². The zero-order valence-electron chi connectivity index (χ0n) is 19.1. The smallest absolute Gasteiger partial charge is 0.425 e. The molecule has 0 radical (unpaired) electrons. The highest BCUT2D eigenvalue weighted by molar-refractivity contribution is 7.12.